The second-order valence-electron chi connectivity index (χ2n) is 5.81. The van der Waals surface area contributed by atoms with Crippen molar-refractivity contribution in [1.82, 2.24) is 5.32 Å². The molecule has 0 saturated carbocycles. The molecule has 0 aromatic heterocycles. The van der Waals surface area contributed by atoms with E-state index in [2.05, 4.69) is 35.1 Å². The maximum absolute atomic E-state index is 13.6. The summed E-state index contributed by atoms with van der Waals surface area (Å²) in [6.45, 7) is 6.19. The van der Waals surface area contributed by atoms with E-state index in [-0.39, 0.29) is 5.82 Å². The number of hydrogen-bond donors (Lipinski definition) is 1. The van der Waals surface area contributed by atoms with Gasteiger partial charge in [0.15, 0.2) is 0 Å². The van der Waals surface area contributed by atoms with Gasteiger partial charge in [0.2, 0.25) is 0 Å². The van der Waals surface area contributed by atoms with Crippen molar-refractivity contribution in [2.75, 3.05) is 13.2 Å². The minimum absolute atomic E-state index is 0.177. The van der Waals surface area contributed by atoms with Gasteiger partial charge in [0.25, 0.3) is 0 Å². The lowest BCUT2D eigenvalue weighted by Crippen LogP contribution is -2.41. The van der Waals surface area contributed by atoms with Crippen LogP contribution in [0.25, 0.3) is 0 Å². The molecule has 0 aliphatic carbocycles. The Balaban J connectivity index is 2.11. The normalized spacial score (nSPS) is 23.4. The topological polar surface area (TPSA) is 21.3 Å². The quantitative estimate of drug-likeness (QED) is 0.784. The molecule has 1 heterocycles. The molecule has 1 aromatic carbocycles. The van der Waals surface area contributed by atoms with Crippen LogP contribution in [0.5, 0.6) is 0 Å². The van der Waals surface area contributed by atoms with Crippen LogP contribution in [-0.4, -0.2) is 25.3 Å². The highest BCUT2D eigenvalue weighted by atomic mass is 79.9. The lowest BCUT2D eigenvalue weighted by Gasteiger charge is -2.28. The molecule has 0 radical (unpaired) electrons. The van der Waals surface area contributed by atoms with Gasteiger partial charge in [-0.25, -0.2) is 4.39 Å². The Bertz CT molecular complexity index is 434. The summed E-state index contributed by atoms with van der Waals surface area (Å²) in [5.41, 5.74) is 1.04. The minimum atomic E-state index is -0.177. The van der Waals surface area contributed by atoms with E-state index in [1.807, 2.05) is 6.07 Å². The van der Waals surface area contributed by atoms with Crippen molar-refractivity contribution >= 4 is 15.9 Å². The standard InChI is InChI=1S/C17H25BrFNO/c1-3-6-20-16(15-5-7-21-17(15)4-2)10-12-8-13(18)11-14(19)9-12/h8-9,11,15-17,20H,3-7,10H2,1-2H3. The molecule has 3 atom stereocenters. The molecule has 0 spiro atoms. The largest absolute Gasteiger partial charge is 0.378 e. The second-order valence-corrected chi connectivity index (χ2v) is 6.73. The zero-order valence-corrected chi connectivity index (χ0v) is 14.5. The van der Waals surface area contributed by atoms with Crippen LogP contribution in [-0.2, 0) is 11.2 Å². The Morgan fingerprint density at radius 1 is 1.38 bits per heavy atom. The fraction of sp³-hybridized carbons (Fsp3) is 0.647. The van der Waals surface area contributed by atoms with Crippen LogP contribution >= 0.6 is 15.9 Å². The van der Waals surface area contributed by atoms with Gasteiger partial charge in [0.1, 0.15) is 5.82 Å². The lowest BCUT2D eigenvalue weighted by molar-refractivity contribution is 0.0774. The molecule has 1 aliphatic heterocycles. The highest BCUT2D eigenvalue weighted by Crippen LogP contribution is 2.29. The van der Waals surface area contributed by atoms with Crippen molar-refractivity contribution in [1.29, 1.82) is 0 Å². The molecule has 4 heteroatoms. The van der Waals surface area contributed by atoms with Gasteiger partial charge < -0.3 is 10.1 Å². The molecule has 0 amide bonds. The number of ether oxygens (including phenoxy) is 1. The average Bonchev–Trinajstić information content (AvgIpc) is 2.90. The van der Waals surface area contributed by atoms with Gasteiger partial charge in [-0.1, -0.05) is 29.8 Å². The van der Waals surface area contributed by atoms with Crippen molar-refractivity contribution < 1.29 is 9.13 Å². The highest BCUT2D eigenvalue weighted by molar-refractivity contribution is 9.10. The highest BCUT2D eigenvalue weighted by Gasteiger charge is 2.33. The molecule has 3 unspecified atom stereocenters. The molecule has 1 aliphatic rings. The molecule has 0 bridgehead atoms. The molecule has 1 N–H and O–H groups in total. The number of nitrogens with one attached hydrogen (secondary N) is 1. The van der Waals surface area contributed by atoms with E-state index in [9.17, 15) is 4.39 Å². The van der Waals surface area contributed by atoms with Crippen molar-refractivity contribution in [3.05, 3.63) is 34.1 Å². The Labute approximate surface area is 135 Å². The molecule has 21 heavy (non-hydrogen) atoms. The summed E-state index contributed by atoms with van der Waals surface area (Å²) in [7, 11) is 0. The van der Waals surface area contributed by atoms with Crippen molar-refractivity contribution in [3.8, 4) is 0 Å². The van der Waals surface area contributed by atoms with Gasteiger partial charge in [-0.15, -0.1) is 0 Å². The van der Waals surface area contributed by atoms with Gasteiger partial charge in [0.05, 0.1) is 6.10 Å². The monoisotopic (exact) mass is 357 g/mol. The van der Waals surface area contributed by atoms with Gasteiger partial charge in [0, 0.05) is 23.0 Å². The van der Waals surface area contributed by atoms with Crippen LogP contribution < -0.4 is 5.32 Å². The van der Waals surface area contributed by atoms with Gasteiger partial charge in [-0.05, 0) is 56.0 Å². The summed E-state index contributed by atoms with van der Waals surface area (Å²) in [5, 5.41) is 3.65. The van der Waals surface area contributed by atoms with Gasteiger partial charge in [-0.2, -0.15) is 0 Å². The van der Waals surface area contributed by atoms with E-state index >= 15 is 0 Å². The molecule has 2 rings (SSSR count). The smallest absolute Gasteiger partial charge is 0.124 e. The Hall–Kier alpha value is -0.450. The van der Waals surface area contributed by atoms with E-state index in [0.717, 1.165) is 48.9 Å². The number of rotatable bonds is 7. The van der Waals surface area contributed by atoms with Crippen LogP contribution in [0.4, 0.5) is 4.39 Å². The molecule has 2 nitrogen and oxygen atoms in total. The summed E-state index contributed by atoms with van der Waals surface area (Å²) in [5.74, 6) is 0.340. The lowest BCUT2D eigenvalue weighted by atomic mass is 9.87. The maximum atomic E-state index is 13.6. The predicted molar refractivity (Wildman–Crippen MR) is 88.0 cm³/mol. The zero-order chi connectivity index (χ0) is 15.2. The Kier molecular flexibility index (Phi) is 6.65. The summed E-state index contributed by atoms with van der Waals surface area (Å²) in [4.78, 5) is 0. The molecule has 1 fully saturated rings. The first kappa shape index (κ1) is 16.9. The van der Waals surface area contributed by atoms with E-state index in [1.54, 1.807) is 6.07 Å². The summed E-state index contributed by atoms with van der Waals surface area (Å²) < 4.78 is 20.2. The van der Waals surface area contributed by atoms with E-state index < -0.39 is 0 Å². The van der Waals surface area contributed by atoms with Crippen LogP contribution in [0.3, 0.4) is 0 Å². The molecular weight excluding hydrogens is 333 g/mol. The predicted octanol–water partition coefficient (Wildman–Crippen LogP) is 4.31. The molecule has 118 valence electrons. The first-order valence-electron chi connectivity index (χ1n) is 7.94. The van der Waals surface area contributed by atoms with Crippen LogP contribution in [0, 0.1) is 11.7 Å². The molecular formula is C17H25BrFNO. The second kappa shape index (κ2) is 8.25. The SMILES string of the molecule is CCCNC(Cc1cc(F)cc(Br)c1)C1CCOC1CC. The first-order valence-corrected chi connectivity index (χ1v) is 8.73. The van der Waals surface area contributed by atoms with Crippen LogP contribution in [0.2, 0.25) is 0 Å². The third-order valence-electron chi connectivity index (χ3n) is 4.21. The van der Waals surface area contributed by atoms with Crippen LogP contribution in [0.15, 0.2) is 22.7 Å². The Morgan fingerprint density at radius 3 is 2.86 bits per heavy atom. The Morgan fingerprint density at radius 2 is 2.19 bits per heavy atom. The molecule has 1 saturated heterocycles. The van der Waals surface area contributed by atoms with Crippen molar-refractivity contribution in [2.45, 2.75) is 51.7 Å². The summed E-state index contributed by atoms with van der Waals surface area (Å²) in [6, 6.07) is 5.51. The van der Waals surface area contributed by atoms with E-state index in [1.165, 1.54) is 6.07 Å². The van der Waals surface area contributed by atoms with Gasteiger partial charge >= 0.3 is 0 Å². The van der Waals surface area contributed by atoms with Gasteiger partial charge in [-0.3, -0.25) is 0 Å². The number of halogens is 2. The van der Waals surface area contributed by atoms with E-state index in [4.69, 9.17) is 4.74 Å². The van der Waals surface area contributed by atoms with E-state index in [0.29, 0.717) is 18.1 Å². The first-order chi connectivity index (χ1) is 10.1. The zero-order valence-electron chi connectivity index (χ0n) is 12.9. The summed E-state index contributed by atoms with van der Waals surface area (Å²) in [6.07, 6.45) is 4.42. The van der Waals surface area contributed by atoms with Crippen LogP contribution in [0.1, 0.15) is 38.7 Å². The summed E-state index contributed by atoms with van der Waals surface area (Å²) >= 11 is 3.38. The third kappa shape index (κ3) is 4.76. The van der Waals surface area contributed by atoms with Crippen molar-refractivity contribution in [3.63, 3.8) is 0 Å². The fourth-order valence-corrected chi connectivity index (χ4v) is 3.75. The van der Waals surface area contributed by atoms with Crippen molar-refractivity contribution in [2.24, 2.45) is 5.92 Å². The number of hydrogen-bond acceptors (Lipinski definition) is 2. The maximum Gasteiger partial charge on any atom is 0.124 e. The number of benzene rings is 1. The average molecular weight is 358 g/mol. The minimum Gasteiger partial charge on any atom is -0.378 e. The third-order valence-corrected chi connectivity index (χ3v) is 4.67. The molecule has 1 aromatic rings. The fourth-order valence-electron chi connectivity index (χ4n) is 3.23.